The summed E-state index contributed by atoms with van der Waals surface area (Å²) in [6, 6.07) is 18.3. The van der Waals surface area contributed by atoms with Crippen LogP contribution in [-0.2, 0) is 11.2 Å². The van der Waals surface area contributed by atoms with Crippen molar-refractivity contribution in [3.63, 3.8) is 0 Å². The Morgan fingerprint density at radius 2 is 1.84 bits per heavy atom. The van der Waals surface area contributed by atoms with Crippen LogP contribution in [-0.4, -0.2) is 21.9 Å². The molecule has 0 aliphatic carbocycles. The summed E-state index contributed by atoms with van der Waals surface area (Å²) >= 11 is 1.65. The maximum atomic E-state index is 12.0. The number of carbonyl (C=O) groups is 1. The average molecular weight is 353 g/mol. The highest BCUT2D eigenvalue weighted by Gasteiger charge is 2.10. The van der Waals surface area contributed by atoms with E-state index in [9.17, 15) is 4.79 Å². The predicted octanol–water partition coefficient (Wildman–Crippen LogP) is 4.09. The summed E-state index contributed by atoms with van der Waals surface area (Å²) in [5, 5.41) is 10.5. The molecule has 0 saturated heterocycles. The number of benzene rings is 2. The molecule has 0 fully saturated rings. The lowest BCUT2D eigenvalue weighted by atomic mass is 10.2. The van der Waals surface area contributed by atoms with Gasteiger partial charge in [-0.3, -0.25) is 10.1 Å². The number of aromatic nitrogens is 2. The van der Waals surface area contributed by atoms with Gasteiger partial charge in [0, 0.05) is 17.1 Å². The van der Waals surface area contributed by atoms with Crippen LogP contribution in [0.2, 0.25) is 0 Å². The fraction of sp³-hybridized carbons (Fsp3) is 0.211. The number of carbonyl (C=O) groups excluding carboxylic acids is 1. The number of rotatable bonds is 7. The van der Waals surface area contributed by atoms with Gasteiger partial charge in [-0.15, -0.1) is 16.9 Å². The highest BCUT2D eigenvalue weighted by molar-refractivity contribution is 7.99. The Hall–Kier alpha value is -2.60. The second-order valence-corrected chi connectivity index (χ2v) is 6.79. The summed E-state index contributed by atoms with van der Waals surface area (Å²) in [5.74, 6) is 1.05. The fourth-order valence-corrected chi connectivity index (χ4v) is 3.08. The summed E-state index contributed by atoms with van der Waals surface area (Å²) in [6.07, 6.45) is 0.932. The van der Waals surface area contributed by atoms with E-state index in [4.69, 9.17) is 4.42 Å². The molecule has 6 heteroatoms. The third-order valence-corrected chi connectivity index (χ3v) is 4.54. The molecule has 3 rings (SSSR count). The summed E-state index contributed by atoms with van der Waals surface area (Å²) in [7, 11) is 0. The van der Waals surface area contributed by atoms with Gasteiger partial charge in [-0.2, -0.15) is 0 Å². The van der Waals surface area contributed by atoms with Gasteiger partial charge >= 0.3 is 6.01 Å². The lowest BCUT2D eigenvalue weighted by Gasteiger charge is -2.02. The fourth-order valence-electron chi connectivity index (χ4n) is 2.22. The smallest absolute Gasteiger partial charge is 0.322 e. The Balaban J connectivity index is 1.44. The highest BCUT2D eigenvalue weighted by atomic mass is 32.2. The van der Waals surface area contributed by atoms with E-state index in [2.05, 4.69) is 46.7 Å². The van der Waals surface area contributed by atoms with Crippen LogP contribution in [0.1, 0.15) is 23.4 Å². The third kappa shape index (κ3) is 5.46. The Morgan fingerprint density at radius 1 is 1.08 bits per heavy atom. The normalized spacial score (nSPS) is 10.6. The SMILES string of the molecule is Cc1ccc(SCCC(=O)Nc2nnc(Cc3ccccc3)o2)cc1. The molecule has 0 bridgehead atoms. The first-order valence-electron chi connectivity index (χ1n) is 8.05. The van der Waals surface area contributed by atoms with Gasteiger partial charge in [0.1, 0.15) is 0 Å². The Morgan fingerprint density at radius 3 is 2.60 bits per heavy atom. The van der Waals surface area contributed by atoms with Crippen LogP contribution in [0, 0.1) is 6.92 Å². The van der Waals surface area contributed by atoms with Crippen molar-refractivity contribution < 1.29 is 9.21 Å². The minimum atomic E-state index is -0.130. The third-order valence-electron chi connectivity index (χ3n) is 3.53. The van der Waals surface area contributed by atoms with Crippen molar-refractivity contribution in [3.05, 3.63) is 71.6 Å². The molecule has 1 amide bonds. The van der Waals surface area contributed by atoms with Crippen LogP contribution in [0.25, 0.3) is 0 Å². The van der Waals surface area contributed by atoms with Gasteiger partial charge in [-0.25, -0.2) is 0 Å². The van der Waals surface area contributed by atoms with Gasteiger partial charge in [0.15, 0.2) is 0 Å². The molecule has 128 valence electrons. The van der Waals surface area contributed by atoms with Crippen LogP contribution in [0.4, 0.5) is 6.01 Å². The zero-order valence-electron chi connectivity index (χ0n) is 13.9. The maximum absolute atomic E-state index is 12.0. The van der Waals surface area contributed by atoms with E-state index in [1.807, 2.05) is 30.3 Å². The standard InChI is InChI=1S/C19H19N3O2S/c1-14-7-9-16(10-8-14)25-12-11-17(23)20-19-22-21-18(24-19)13-15-5-3-2-4-6-15/h2-10H,11-13H2,1H3,(H,20,22,23). The van der Waals surface area contributed by atoms with Gasteiger partial charge in [-0.1, -0.05) is 53.1 Å². The molecule has 1 N–H and O–H groups in total. The van der Waals surface area contributed by atoms with Gasteiger partial charge in [0.25, 0.3) is 0 Å². The van der Waals surface area contributed by atoms with E-state index in [0.717, 1.165) is 10.5 Å². The first-order valence-corrected chi connectivity index (χ1v) is 9.03. The molecule has 0 unspecified atom stereocenters. The molecule has 2 aromatic carbocycles. The first-order chi connectivity index (χ1) is 12.2. The molecule has 0 aliphatic rings. The van der Waals surface area contributed by atoms with Crippen LogP contribution < -0.4 is 5.32 Å². The minimum Gasteiger partial charge on any atom is -0.407 e. The highest BCUT2D eigenvalue weighted by Crippen LogP contribution is 2.19. The quantitative estimate of drug-likeness (QED) is 0.648. The first kappa shape index (κ1) is 17.2. The lowest BCUT2D eigenvalue weighted by molar-refractivity contribution is -0.115. The molecule has 1 heterocycles. The zero-order chi connectivity index (χ0) is 17.5. The van der Waals surface area contributed by atoms with Crippen molar-refractivity contribution in [3.8, 4) is 0 Å². The van der Waals surface area contributed by atoms with E-state index in [-0.39, 0.29) is 11.9 Å². The molecule has 0 aliphatic heterocycles. The molecule has 0 radical (unpaired) electrons. The van der Waals surface area contributed by atoms with Crippen LogP contribution in [0.15, 0.2) is 63.9 Å². The van der Waals surface area contributed by atoms with E-state index < -0.39 is 0 Å². The maximum Gasteiger partial charge on any atom is 0.322 e. The van der Waals surface area contributed by atoms with Crippen LogP contribution in [0.3, 0.4) is 0 Å². The summed E-state index contributed by atoms with van der Waals surface area (Å²) in [6.45, 7) is 2.05. The lowest BCUT2D eigenvalue weighted by Crippen LogP contribution is -2.12. The molecule has 5 nitrogen and oxygen atoms in total. The van der Waals surface area contributed by atoms with Crippen molar-refractivity contribution in [1.82, 2.24) is 10.2 Å². The molecular weight excluding hydrogens is 334 g/mol. The zero-order valence-corrected chi connectivity index (χ0v) is 14.8. The Bertz CT molecular complexity index is 816. The van der Waals surface area contributed by atoms with Crippen molar-refractivity contribution in [1.29, 1.82) is 0 Å². The van der Waals surface area contributed by atoms with E-state index in [1.54, 1.807) is 11.8 Å². The van der Waals surface area contributed by atoms with E-state index >= 15 is 0 Å². The molecule has 0 spiro atoms. The number of aryl methyl sites for hydroxylation is 1. The Kier molecular flexibility index (Phi) is 5.85. The number of hydrogen-bond acceptors (Lipinski definition) is 5. The second-order valence-electron chi connectivity index (χ2n) is 5.62. The average Bonchev–Trinajstić information content (AvgIpc) is 3.04. The van der Waals surface area contributed by atoms with Crippen LogP contribution in [0.5, 0.6) is 0 Å². The number of anilines is 1. The molecule has 0 saturated carbocycles. The topological polar surface area (TPSA) is 68.0 Å². The van der Waals surface area contributed by atoms with Crippen molar-refractivity contribution in [2.45, 2.75) is 24.7 Å². The largest absolute Gasteiger partial charge is 0.407 e. The number of nitrogens with zero attached hydrogens (tertiary/aromatic N) is 2. The van der Waals surface area contributed by atoms with E-state index in [1.165, 1.54) is 5.56 Å². The molecule has 3 aromatic rings. The minimum absolute atomic E-state index is 0.130. The summed E-state index contributed by atoms with van der Waals surface area (Å²) < 4.78 is 5.48. The summed E-state index contributed by atoms with van der Waals surface area (Å²) in [5.41, 5.74) is 2.31. The number of hydrogen-bond donors (Lipinski definition) is 1. The van der Waals surface area contributed by atoms with Crippen LogP contribution >= 0.6 is 11.8 Å². The van der Waals surface area contributed by atoms with Gasteiger partial charge in [0.05, 0.1) is 6.42 Å². The van der Waals surface area contributed by atoms with Gasteiger partial charge in [-0.05, 0) is 24.6 Å². The van der Waals surface area contributed by atoms with E-state index in [0.29, 0.717) is 24.5 Å². The Labute approximate surface area is 150 Å². The molecule has 0 atom stereocenters. The number of nitrogens with one attached hydrogen (secondary N) is 1. The monoisotopic (exact) mass is 353 g/mol. The number of amides is 1. The van der Waals surface area contributed by atoms with Gasteiger partial charge < -0.3 is 4.42 Å². The van der Waals surface area contributed by atoms with Crippen molar-refractivity contribution in [2.75, 3.05) is 11.1 Å². The summed E-state index contributed by atoms with van der Waals surface area (Å²) in [4.78, 5) is 13.1. The number of thioether (sulfide) groups is 1. The second kappa shape index (κ2) is 8.48. The molecule has 1 aromatic heterocycles. The predicted molar refractivity (Wildman–Crippen MR) is 98.7 cm³/mol. The van der Waals surface area contributed by atoms with Gasteiger partial charge in [0.2, 0.25) is 11.8 Å². The molecular formula is C19H19N3O2S. The molecule has 25 heavy (non-hydrogen) atoms. The van der Waals surface area contributed by atoms with Crippen molar-refractivity contribution >= 4 is 23.7 Å². The van der Waals surface area contributed by atoms with Crippen molar-refractivity contribution in [2.24, 2.45) is 0 Å².